The zero-order chi connectivity index (χ0) is 25.7. The molecule has 1 saturated heterocycles. The van der Waals surface area contributed by atoms with Crippen LogP contribution in [0.25, 0.3) is 10.2 Å². The Kier molecular flexibility index (Phi) is 9.49. The molecule has 2 unspecified atom stereocenters. The molecule has 3 aromatic rings. The van der Waals surface area contributed by atoms with Crippen molar-refractivity contribution in [1.82, 2.24) is 19.8 Å². The first-order valence-corrected chi connectivity index (χ1v) is 13.7. The molecule has 0 spiro atoms. The molecule has 2 aliphatic rings. The second-order valence-electron chi connectivity index (χ2n) is 8.53. The Morgan fingerprint density at radius 2 is 1.97 bits per heavy atom. The Labute approximate surface area is 216 Å². The summed E-state index contributed by atoms with van der Waals surface area (Å²) in [4.78, 5) is 24.8. The number of aryl methyl sites for hydroxylation is 1. The summed E-state index contributed by atoms with van der Waals surface area (Å²) in [6.07, 6.45) is 2.55. The molecule has 0 saturated carbocycles. The summed E-state index contributed by atoms with van der Waals surface area (Å²) in [5.41, 5.74) is 3.52. The third-order valence-corrected chi connectivity index (χ3v) is 7.11. The van der Waals surface area contributed by atoms with Gasteiger partial charge in [0.2, 0.25) is 11.8 Å². The van der Waals surface area contributed by atoms with Crippen molar-refractivity contribution in [2.45, 2.75) is 72.8 Å². The monoisotopic (exact) mass is 518 g/mol. The van der Waals surface area contributed by atoms with Crippen LogP contribution in [0.3, 0.4) is 0 Å². The number of rotatable bonds is 4. The van der Waals surface area contributed by atoms with Gasteiger partial charge in [0.1, 0.15) is 11.9 Å². The molecular formula is C26H35FN4O2S2. The van der Waals surface area contributed by atoms with Gasteiger partial charge in [0, 0.05) is 50.7 Å². The van der Waals surface area contributed by atoms with Crippen LogP contribution in [0.1, 0.15) is 55.9 Å². The number of halogens is 1. The molecule has 5 rings (SSSR count). The maximum atomic E-state index is 14.7. The van der Waals surface area contributed by atoms with E-state index >= 15 is 0 Å². The molecule has 190 valence electrons. The van der Waals surface area contributed by atoms with Gasteiger partial charge in [-0.1, -0.05) is 13.8 Å². The molecular weight excluding hydrogens is 483 g/mol. The summed E-state index contributed by atoms with van der Waals surface area (Å²) >= 11 is 5.04. The number of amides is 1. The number of nitrogens with zero attached hydrogens (tertiary/aromatic N) is 4. The average molecular weight is 519 g/mol. The molecule has 6 nitrogen and oxygen atoms in total. The molecule has 1 aromatic carbocycles. The number of hydrogen-bond acceptors (Lipinski definition) is 7. The number of likely N-dealkylation sites (tertiary alicyclic amines) is 1. The van der Waals surface area contributed by atoms with Crippen molar-refractivity contribution >= 4 is 40.1 Å². The molecule has 1 fully saturated rings. The van der Waals surface area contributed by atoms with Crippen molar-refractivity contribution < 1.29 is 13.9 Å². The highest BCUT2D eigenvalue weighted by Gasteiger charge is 2.32. The number of thiazole rings is 1. The van der Waals surface area contributed by atoms with E-state index in [-0.39, 0.29) is 23.9 Å². The number of pyridine rings is 1. The van der Waals surface area contributed by atoms with Crippen LogP contribution in [0, 0.1) is 12.7 Å². The highest BCUT2D eigenvalue weighted by molar-refractivity contribution is 7.79. The van der Waals surface area contributed by atoms with E-state index in [1.165, 1.54) is 11.3 Å². The zero-order valence-corrected chi connectivity index (χ0v) is 23.0. The minimum Gasteiger partial charge on any atom is -0.473 e. The van der Waals surface area contributed by atoms with Gasteiger partial charge in [0.15, 0.2) is 0 Å². The quantitative estimate of drug-likeness (QED) is 0.455. The van der Waals surface area contributed by atoms with E-state index in [9.17, 15) is 9.18 Å². The van der Waals surface area contributed by atoms with E-state index in [1.54, 1.807) is 24.1 Å². The van der Waals surface area contributed by atoms with Crippen LogP contribution in [0.15, 0.2) is 24.3 Å². The number of ether oxygens (including phenoxy) is 1. The average Bonchev–Trinajstić information content (AvgIpc) is 3.52. The van der Waals surface area contributed by atoms with Crippen molar-refractivity contribution in [2.24, 2.45) is 0 Å². The topological polar surface area (TPSA) is 58.6 Å². The van der Waals surface area contributed by atoms with Crippen LogP contribution < -0.4 is 4.74 Å². The largest absolute Gasteiger partial charge is 0.473 e. The lowest BCUT2D eigenvalue weighted by Crippen LogP contribution is -2.28. The van der Waals surface area contributed by atoms with Crippen LogP contribution in [0.4, 0.5) is 4.39 Å². The Balaban J connectivity index is 0.000000815. The highest BCUT2D eigenvalue weighted by Crippen LogP contribution is 2.29. The molecule has 2 aromatic heterocycles. The van der Waals surface area contributed by atoms with Gasteiger partial charge in [-0.15, -0.1) is 11.3 Å². The minimum atomic E-state index is -0.178. The lowest BCUT2D eigenvalue weighted by molar-refractivity contribution is -0.129. The Morgan fingerprint density at radius 3 is 2.69 bits per heavy atom. The van der Waals surface area contributed by atoms with Crippen molar-refractivity contribution in [3.05, 3.63) is 51.9 Å². The number of carbonyl (C=O) groups excluding carboxylic acids is 1. The first-order valence-electron chi connectivity index (χ1n) is 12.0. The Bertz CT molecular complexity index is 1170. The predicted octanol–water partition coefficient (Wildman–Crippen LogP) is 5.61. The first-order chi connectivity index (χ1) is 16.9. The molecule has 2 atom stereocenters. The van der Waals surface area contributed by atoms with Gasteiger partial charge in [0.05, 0.1) is 27.5 Å². The summed E-state index contributed by atoms with van der Waals surface area (Å²) in [6, 6.07) is 7.63. The second kappa shape index (κ2) is 12.1. The van der Waals surface area contributed by atoms with Crippen molar-refractivity contribution in [3.8, 4) is 5.88 Å². The number of hydrogen-bond donors (Lipinski definition) is 1. The van der Waals surface area contributed by atoms with E-state index in [0.29, 0.717) is 37.6 Å². The highest BCUT2D eigenvalue weighted by atomic mass is 32.1. The van der Waals surface area contributed by atoms with Crippen molar-refractivity contribution in [3.63, 3.8) is 0 Å². The summed E-state index contributed by atoms with van der Waals surface area (Å²) < 4.78 is 21.7. The molecule has 0 bridgehead atoms. The zero-order valence-electron chi connectivity index (χ0n) is 21.3. The number of carbonyl (C=O) groups is 1. The summed E-state index contributed by atoms with van der Waals surface area (Å²) in [5.74, 6) is 0.468. The van der Waals surface area contributed by atoms with Crippen molar-refractivity contribution in [2.75, 3.05) is 12.8 Å². The molecule has 35 heavy (non-hydrogen) atoms. The van der Waals surface area contributed by atoms with Gasteiger partial charge in [-0.05, 0) is 43.9 Å². The standard InChI is InChI=1S/C23H25FN4O2S.C2H6.CH4S/c1-13-6-18(30-23-5-4-16-9-28(15(3)29)12-21(16)26-23)11-27(13)10-17-7-20-22(8-19(17)24)31-14(2)25-20;2*1-2/h4-5,7-8,13,18H,6,9-12H2,1-3H3;1-2H3;2H,1H3. The van der Waals surface area contributed by atoms with Gasteiger partial charge in [0.25, 0.3) is 0 Å². The van der Waals surface area contributed by atoms with Crippen LogP contribution in [0.5, 0.6) is 5.88 Å². The van der Waals surface area contributed by atoms with Gasteiger partial charge in [-0.3, -0.25) is 9.69 Å². The van der Waals surface area contributed by atoms with Gasteiger partial charge in [-0.25, -0.2) is 14.4 Å². The third-order valence-electron chi connectivity index (χ3n) is 6.18. The summed E-state index contributed by atoms with van der Waals surface area (Å²) in [6.45, 7) is 12.1. The fourth-order valence-electron chi connectivity index (χ4n) is 4.49. The fraction of sp³-hybridized carbons (Fsp3) is 0.500. The number of thiol groups is 1. The van der Waals surface area contributed by atoms with Gasteiger partial charge in [-0.2, -0.15) is 12.6 Å². The van der Waals surface area contributed by atoms with Crippen LogP contribution >= 0.6 is 24.0 Å². The second-order valence-corrected chi connectivity index (χ2v) is 9.76. The van der Waals surface area contributed by atoms with Crippen molar-refractivity contribution in [1.29, 1.82) is 0 Å². The lowest BCUT2D eigenvalue weighted by Gasteiger charge is -2.21. The fourth-order valence-corrected chi connectivity index (χ4v) is 5.33. The maximum Gasteiger partial charge on any atom is 0.220 e. The molecule has 4 heterocycles. The summed E-state index contributed by atoms with van der Waals surface area (Å²) in [7, 11) is 0. The Morgan fingerprint density at radius 1 is 1.23 bits per heavy atom. The molecule has 0 aliphatic carbocycles. The number of fused-ring (bicyclic) bond motifs is 2. The normalized spacial score (nSPS) is 19.0. The van der Waals surface area contributed by atoms with Crippen LogP contribution in [-0.4, -0.2) is 50.6 Å². The lowest BCUT2D eigenvalue weighted by atomic mass is 10.1. The first kappa shape index (κ1) is 27.4. The van der Waals surface area contributed by atoms with Crippen LogP contribution in [-0.2, 0) is 24.4 Å². The van der Waals surface area contributed by atoms with E-state index < -0.39 is 0 Å². The minimum absolute atomic E-state index is 0.000766. The summed E-state index contributed by atoms with van der Waals surface area (Å²) in [5, 5.41) is 0.947. The number of aromatic nitrogens is 2. The van der Waals surface area contributed by atoms with Gasteiger partial charge < -0.3 is 9.64 Å². The van der Waals surface area contributed by atoms with Gasteiger partial charge >= 0.3 is 0 Å². The van der Waals surface area contributed by atoms with E-state index in [2.05, 4.69) is 34.4 Å². The molecule has 0 radical (unpaired) electrons. The van der Waals surface area contributed by atoms with E-state index in [4.69, 9.17) is 4.74 Å². The number of benzene rings is 1. The smallest absolute Gasteiger partial charge is 0.220 e. The van der Waals surface area contributed by atoms with E-state index in [1.807, 2.05) is 39.0 Å². The molecule has 0 N–H and O–H groups in total. The van der Waals surface area contributed by atoms with Crippen LogP contribution in [0.2, 0.25) is 0 Å². The molecule has 9 heteroatoms. The molecule has 2 aliphatic heterocycles. The van der Waals surface area contributed by atoms with E-state index in [0.717, 1.165) is 32.9 Å². The predicted molar refractivity (Wildman–Crippen MR) is 144 cm³/mol. The Hall–Kier alpha value is -2.23. The molecule has 1 amide bonds. The maximum absolute atomic E-state index is 14.7. The SMILES string of the molecule is CC.CC(=O)N1Cc2ccc(OC3CC(C)N(Cc4cc5nc(C)sc5cc4F)C3)nc2C1.CS. The third kappa shape index (κ3) is 6.32.